The molecule has 0 saturated carbocycles. The van der Waals surface area contributed by atoms with Crippen LogP contribution in [0.4, 0.5) is 5.69 Å². The number of thioether (sulfide) groups is 1. The number of rotatable bonds is 3. The Bertz CT molecular complexity index is 1350. The maximum absolute atomic E-state index is 12.4. The molecule has 0 aliphatic carbocycles. The van der Waals surface area contributed by atoms with Crippen molar-refractivity contribution >= 4 is 63.8 Å². The van der Waals surface area contributed by atoms with E-state index in [1.54, 1.807) is 11.8 Å². The zero-order valence-electron chi connectivity index (χ0n) is 18.3. The number of benzene rings is 2. The first kappa shape index (κ1) is 22.5. The summed E-state index contributed by atoms with van der Waals surface area (Å²) in [5.41, 5.74) is 3.64. The van der Waals surface area contributed by atoms with E-state index >= 15 is 0 Å². The second-order valence-corrected chi connectivity index (χ2v) is 10.6. The van der Waals surface area contributed by atoms with Crippen LogP contribution in [0.25, 0.3) is 17.2 Å². The quantitative estimate of drug-likeness (QED) is 0.325. The molecule has 3 aromatic rings. The maximum atomic E-state index is 12.4. The van der Waals surface area contributed by atoms with Crippen molar-refractivity contribution in [1.29, 1.82) is 0 Å². The Morgan fingerprint density at radius 3 is 2.76 bits per heavy atom. The fourth-order valence-corrected chi connectivity index (χ4v) is 6.73. The van der Waals surface area contributed by atoms with Gasteiger partial charge in [0.15, 0.2) is 16.8 Å². The Hall–Kier alpha value is -2.25. The van der Waals surface area contributed by atoms with Gasteiger partial charge in [0.2, 0.25) is 5.58 Å². The number of oxazole rings is 1. The van der Waals surface area contributed by atoms with Crippen LogP contribution in [-0.4, -0.2) is 23.7 Å². The molecule has 8 heteroatoms. The zero-order chi connectivity index (χ0) is 23.3. The predicted octanol–water partition coefficient (Wildman–Crippen LogP) is 6.56. The number of aromatic nitrogens is 1. The van der Waals surface area contributed by atoms with Gasteiger partial charge in [-0.2, -0.15) is 4.57 Å². The second-order valence-electron chi connectivity index (χ2n) is 8.64. The lowest BCUT2D eigenvalue weighted by molar-refractivity contribution is -0.652. The number of fused-ring (bicyclic) bond motifs is 3. The van der Waals surface area contributed by atoms with Gasteiger partial charge in [0.05, 0.1) is 17.5 Å². The van der Waals surface area contributed by atoms with Gasteiger partial charge in [-0.3, -0.25) is 0 Å². The van der Waals surface area contributed by atoms with Gasteiger partial charge >= 0.3 is 11.9 Å². The highest BCUT2D eigenvalue weighted by molar-refractivity contribution is 8.03. The lowest BCUT2D eigenvalue weighted by Crippen LogP contribution is -2.59. The lowest BCUT2D eigenvalue weighted by Gasteiger charge is -2.42. The van der Waals surface area contributed by atoms with Crippen LogP contribution in [0.15, 0.2) is 62.4 Å². The number of aryl methyl sites for hydroxylation is 1. The van der Waals surface area contributed by atoms with Crippen LogP contribution in [-0.2, 0) is 11.8 Å². The molecule has 2 aliphatic heterocycles. The number of piperidine rings is 1. The van der Waals surface area contributed by atoms with Crippen LogP contribution in [0.3, 0.4) is 0 Å². The molecular formula is C25H24Cl2N2O3S+2. The summed E-state index contributed by atoms with van der Waals surface area (Å²) >= 11 is 14.2. The number of nitrogens with zero attached hydrogens (tertiary/aromatic N) is 2. The molecule has 1 spiro atoms. The van der Waals surface area contributed by atoms with Gasteiger partial charge in [0.1, 0.15) is 7.05 Å². The summed E-state index contributed by atoms with van der Waals surface area (Å²) in [6.45, 7) is 2.76. The van der Waals surface area contributed by atoms with Gasteiger partial charge < -0.3 is 9.52 Å². The Morgan fingerprint density at radius 1 is 1.21 bits per heavy atom. The fraction of sp³-hybridized carbons (Fsp3) is 0.280. The first-order valence-corrected chi connectivity index (χ1v) is 12.4. The summed E-state index contributed by atoms with van der Waals surface area (Å²) in [5.74, 6) is -0.0682. The molecule has 2 aromatic carbocycles. The van der Waals surface area contributed by atoms with Crippen molar-refractivity contribution in [3.05, 3.63) is 69.0 Å². The van der Waals surface area contributed by atoms with Gasteiger partial charge in [-0.05, 0) is 61.4 Å². The molecule has 0 radical (unpaired) electrons. The molecule has 1 aromatic heterocycles. The minimum atomic E-state index is -0.767. The molecule has 5 rings (SSSR count). The van der Waals surface area contributed by atoms with E-state index in [2.05, 4.69) is 6.08 Å². The number of quaternary nitrogens is 1. The molecule has 1 N–H and O–H groups in total. The SMILES string of the molecule is CC(=Cc1oc2ccc(Cl)cc2[n+]1C)C=C1Sc2ccc(Cl)cc2[N+]12CCCCC2C(=O)O. The molecule has 3 heterocycles. The topological polar surface area (TPSA) is 54.3 Å². The Morgan fingerprint density at radius 2 is 1.97 bits per heavy atom. The summed E-state index contributed by atoms with van der Waals surface area (Å²) in [5, 5.41) is 12.4. The molecule has 2 unspecified atom stereocenters. The monoisotopic (exact) mass is 502 g/mol. The number of hydrogen-bond acceptors (Lipinski definition) is 3. The van der Waals surface area contributed by atoms with Gasteiger partial charge in [-0.1, -0.05) is 23.2 Å². The van der Waals surface area contributed by atoms with Crippen molar-refractivity contribution in [3.63, 3.8) is 0 Å². The van der Waals surface area contributed by atoms with Crippen molar-refractivity contribution in [2.24, 2.45) is 7.05 Å². The number of carboxylic acids is 1. The minimum Gasteiger partial charge on any atom is -0.477 e. The second kappa shape index (κ2) is 8.51. The third-order valence-corrected chi connectivity index (χ3v) is 8.23. The van der Waals surface area contributed by atoms with Crippen molar-refractivity contribution in [1.82, 2.24) is 4.48 Å². The third-order valence-electron chi connectivity index (χ3n) is 6.54. The van der Waals surface area contributed by atoms with Crippen molar-refractivity contribution in [3.8, 4) is 0 Å². The van der Waals surface area contributed by atoms with Crippen LogP contribution in [0.2, 0.25) is 10.0 Å². The van der Waals surface area contributed by atoms with E-state index in [9.17, 15) is 9.90 Å². The molecular weight excluding hydrogens is 479 g/mol. The highest BCUT2D eigenvalue weighted by Gasteiger charge is 2.54. The molecule has 5 nitrogen and oxygen atoms in total. The van der Waals surface area contributed by atoms with E-state index in [-0.39, 0.29) is 0 Å². The van der Waals surface area contributed by atoms with Gasteiger partial charge in [-0.15, -0.1) is 0 Å². The smallest absolute Gasteiger partial charge is 0.374 e. The summed E-state index contributed by atoms with van der Waals surface area (Å²) in [4.78, 5) is 13.4. The van der Waals surface area contributed by atoms with Gasteiger partial charge in [0, 0.05) is 34.7 Å². The van der Waals surface area contributed by atoms with Crippen LogP contribution < -0.4 is 9.05 Å². The third kappa shape index (κ3) is 3.79. The molecule has 0 amide bonds. The average Bonchev–Trinajstić information content (AvgIpc) is 3.23. The highest BCUT2D eigenvalue weighted by Crippen LogP contribution is 2.55. The highest BCUT2D eigenvalue weighted by atomic mass is 35.5. The number of carboxylic acid groups (broad SMARTS) is 1. The van der Waals surface area contributed by atoms with E-state index in [4.69, 9.17) is 27.6 Å². The number of aliphatic carboxylic acids is 1. The minimum absolute atomic E-state index is 0.322. The number of carbonyl (C=O) groups is 1. The molecule has 1 saturated heterocycles. The molecule has 0 bridgehead atoms. The Kier molecular flexibility index (Phi) is 5.81. The van der Waals surface area contributed by atoms with Gasteiger partial charge in [0.25, 0.3) is 5.52 Å². The van der Waals surface area contributed by atoms with E-state index in [0.717, 1.165) is 51.7 Å². The molecule has 2 aliphatic rings. The molecule has 1 fully saturated rings. The molecule has 2 atom stereocenters. The normalized spacial score (nSPS) is 24.1. The van der Waals surface area contributed by atoms with Crippen LogP contribution in [0.1, 0.15) is 32.1 Å². The standard InChI is InChI=1S/C25H23Cl2N2O3S/c1-15(11-23-28(2)18-13-16(26)6-8-21(18)32-23)12-24-29(10-4-3-5-19(29)25(30)31)20-14-17(27)7-9-22(20)33-24/h6-9,11-14,19H,3-5,10H2,1-2H3/q+1/p+1. The van der Waals surface area contributed by atoms with Crippen molar-refractivity contribution in [2.75, 3.05) is 6.54 Å². The first-order valence-electron chi connectivity index (χ1n) is 10.9. The summed E-state index contributed by atoms with van der Waals surface area (Å²) in [6.07, 6.45) is 6.60. The largest absolute Gasteiger partial charge is 0.477 e. The predicted molar refractivity (Wildman–Crippen MR) is 133 cm³/mol. The van der Waals surface area contributed by atoms with E-state index in [1.165, 1.54) is 0 Å². The summed E-state index contributed by atoms with van der Waals surface area (Å²) in [6, 6.07) is 10.8. The molecule has 33 heavy (non-hydrogen) atoms. The summed E-state index contributed by atoms with van der Waals surface area (Å²) < 4.78 is 8.32. The summed E-state index contributed by atoms with van der Waals surface area (Å²) in [7, 11) is 1.94. The number of halogens is 2. The van der Waals surface area contributed by atoms with Crippen LogP contribution in [0.5, 0.6) is 0 Å². The van der Waals surface area contributed by atoms with Crippen molar-refractivity contribution < 1.29 is 18.9 Å². The van der Waals surface area contributed by atoms with Crippen LogP contribution in [0, 0.1) is 0 Å². The van der Waals surface area contributed by atoms with Gasteiger partial charge in [-0.25, -0.2) is 9.28 Å². The van der Waals surface area contributed by atoms with Crippen molar-refractivity contribution in [2.45, 2.75) is 37.1 Å². The number of allylic oxidation sites excluding steroid dienone is 2. The lowest BCUT2D eigenvalue weighted by atomic mass is 9.97. The number of hydrogen-bond donors (Lipinski definition) is 1. The fourth-order valence-electron chi connectivity index (χ4n) is 4.98. The van der Waals surface area contributed by atoms with E-state index < -0.39 is 12.0 Å². The first-order chi connectivity index (χ1) is 15.8. The Balaban J connectivity index is 1.62. The Labute approximate surface area is 206 Å². The maximum Gasteiger partial charge on any atom is 0.374 e. The van der Waals surface area contributed by atoms with Crippen LogP contribution >= 0.6 is 35.0 Å². The average molecular weight is 503 g/mol. The van der Waals surface area contributed by atoms with E-state index in [0.29, 0.717) is 26.8 Å². The zero-order valence-corrected chi connectivity index (χ0v) is 20.7. The molecule has 170 valence electrons. The van der Waals surface area contributed by atoms with E-state index in [1.807, 2.05) is 61.0 Å².